The van der Waals surface area contributed by atoms with Crippen LogP contribution >= 0.6 is 15.9 Å². The van der Waals surface area contributed by atoms with Gasteiger partial charge in [-0.1, -0.05) is 29.8 Å². The minimum absolute atomic E-state index is 0.341. The number of hydrogen-bond donors (Lipinski definition) is 2. The van der Waals surface area contributed by atoms with Crippen LogP contribution in [0.5, 0.6) is 5.75 Å². The van der Waals surface area contributed by atoms with E-state index >= 15 is 0 Å². The minimum atomic E-state index is 0.341. The van der Waals surface area contributed by atoms with Gasteiger partial charge in [-0.25, -0.2) is 0 Å². The first-order valence-electron chi connectivity index (χ1n) is 5.84. The van der Waals surface area contributed by atoms with Crippen LogP contribution in [0.2, 0.25) is 0 Å². The Balaban J connectivity index is 2.67. The van der Waals surface area contributed by atoms with Crippen molar-refractivity contribution in [2.24, 2.45) is 11.7 Å². The number of methoxy groups -OCH3 is 1. The summed E-state index contributed by atoms with van der Waals surface area (Å²) in [4.78, 5) is 0. The predicted octanol–water partition coefficient (Wildman–Crippen LogP) is 2.53. The topological polar surface area (TPSA) is 47.3 Å². The third-order valence-corrected chi connectivity index (χ3v) is 3.64. The van der Waals surface area contributed by atoms with Crippen molar-refractivity contribution in [2.45, 2.75) is 26.4 Å². The van der Waals surface area contributed by atoms with Crippen molar-refractivity contribution in [1.29, 1.82) is 0 Å². The number of hydrogen-bond acceptors (Lipinski definition) is 3. The molecule has 1 rings (SSSR count). The van der Waals surface area contributed by atoms with E-state index in [0.717, 1.165) is 16.8 Å². The van der Waals surface area contributed by atoms with Gasteiger partial charge in [0.1, 0.15) is 5.75 Å². The molecule has 0 radical (unpaired) electrons. The van der Waals surface area contributed by atoms with Gasteiger partial charge in [0.25, 0.3) is 0 Å². The SMILES string of the molecule is COc1ccc(Br)c(CNC(CN)C(C)C)c1. The molecule has 3 nitrogen and oxygen atoms in total. The van der Waals surface area contributed by atoms with E-state index in [1.165, 1.54) is 5.56 Å². The lowest BCUT2D eigenvalue weighted by Gasteiger charge is -2.21. The molecule has 0 bridgehead atoms. The van der Waals surface area contributed by atoms with Crippen LogP contribution in [0.25, 0.3) is 0 Å². The molecule has 1 aromatic carbocycles. The second-order valence-electron chi connectivity index (χ2n) is 4.42. The average Bonchev–Trinajstić information content (AvgIpc) is 2.31. The second-order valence-corrected chi connectivity index (χ2v) is 5.28. The van der Waals surface area contributed by atoms with Gasteiger partial charge in [-0.2, -0.15) is 0 Å². The van der Waals surface area contributed by atoms with Crippen molar-refractivity contribution >= 4 is 15.9 Å². The monoisotopic (exact) mass is 300 g/mol. The molecule has 0 spiro atoms. The number of ether oxygens (including phenoxy) is 1. The van der Waals surface area contributed by atoms with Crippen LogP contribution < -0.4 is 15.8 Å². The van der Waals surface area contributed by atoms with Crippen LogP contribution in [-0.4, -0.2) is 19.7 Å². The number of halogens is 1. The van der Waals surface area contributed by atoms with Gasteiger partial charge in [-0.15, -0.1) is 0 Å². The summed E-state index contributed by atoms with van der Waals surface area (Å²) < 4.78 is 6.31. The maximum absolute atomic E-state index is 5.73. The highest BCUT2D eigenvalue weighted by molar-refractivity contribution is 9.10. The zero-order valence-corrected chi connectivity index (χ0v) is 12.3. The molecule has 0 saturated heterocycles. The number of nitrogens with one attached hydrogen (secondary N) is 1. The molecule has 0 aliphatic heterocycles. The van der Waals surface area contributed by atoms with Crippen molar-refractivity contribution in [2.75, 3.05) is 13.7 Å². The quantitative estimate of drug-likeness (QED) is 0.849. The fourth-order valence-corrected chi connectivity index (χ4v) is 2.03. The summed E-state index contributed by atoms with van der Waals surface area (Å²) in [6.07, 6.45) is 0. The number of rotatable bonds is 6. The Bertz CT molecular complexity index is 355. The van der Waals surface area contributed by atoms with E-state index in [-0.39, 0.29) is 0 Å². The summed E-state index contributed by atoms with van der Waals surface area (Å²) in [7, 11) is 1.68. The van der Waals surface area contributed by atoms with Crippen LogP contribution in [0.1, 0.15) is 19.4 Å². The van der Waals surface area contributed by atoms with E-state index in [4.69, 9.17) is 10.5 Å². The van der Waals surface area contributed by atoms with Gasteiger partial charge in [0, 0.05) is 23.6 Å². The van der Waals surface area contributed by atoms with E-state index < -0.39 is 0 Å². The number of nitrogens with two attached hydrogens (primary N) is 1. The predicted molar refractivity (Wildman–Crippen MR) is 75.2 cm³/mol. The van der Waals surface area contributed by atoms with Gasteiger partial charge in [0.2, 0.25) is 0 Å². The Morgan fingerprint density at radius 3 is 2.65 bits per heavy atom. The normalized spacial score (nSPS) is 12.8. The molecule has 0 saturated carbocycles. The molecule has 17 heavy (non-hydrogen) atoms. The molecule has 3 N–H and O–H groups in total. The largest absolute Gasteiger partial charge is 0.497 e. The minimum Gasteiger partial charge on any atom is -0.497 e. The van der Waals surface area contributed by atoms with Crippen LogP contribution in [0.4, 0.5) is 0 Å². The van der Waals surface area contributed by atoms with Crippen LogP contribution in [0.15, 0.2) is 22.7 Å². The Morgan fingerprint density at radius 1 is 1.41 bits per heavy atom. The molecule has 1 atom stereocenters. The van der Waals surface area contributed by atoms with Gasteiger partial charge in [0.05, 0.1) is 7.11 Å². The summed E-state index contributed by atoms with van der Waals surface area (Å²) in [5, 5.41) is 3.47. The lowest BCUT2D eigenvalue weighted by molar-refractivity contribution is 0.401. The van der Waals surface area contributed by atoms with E-state index in [0.29, 0.717) is 18.5 Å². The lowest BCUT2D eigenvalue weighted by Crippen LogP contribution is -2.39. The molecular weight excluding hydrogens is 280 g/mol. The van der Waals surface area contributed by atoms with E-state index in [9.17, 15) is 0 Å². The Kier molecular flexibility index (Phi) is 5.95. The van der Waals surface area contributed by atoms with E-state index in [1.54, 1.807) is 7.11 Å². The standard InChI is InChI=1S/C13H21BrN2O/c1-9(2)13(7-15)16-8-10-6-11(17-3)4-5-12(10)14/h4-6,9,13,16H,7-8,15H2,1-3H3. The molecule has 0 aliphatic carbocycles. The Morgan fingerprint density at radius 2 is 2.12 bits per heavy atom. The molecule has 4 heteroatoms. The summed E-state index contributed by atoms with van der Waals surface area (Å²) in [5.74, 6) is 1.41. The van der Waals surface area contributed by atoms with Crippen LogP contribution in [0, 0.1) is 5.92 Å². The summed E-state index contributed by atoms with van der Waals surface area (Å²) in [6.45, 7) is 5.79. The van der Waals surface area contributed by atoms with Crippen molar-refractivity contribution < 1.29 is 4.74 Å². The van der Waals surface area contributed by atoms with E-state index in [2.05, 4.69) is 35.1 Å². The summed E-state index contributed by atoms with van der Waals surface area (Å²) >= 11 is 3.54. The third kappa shape index (κ3) is 4.30. The highest BCUT2D eigenvalue weighted by Gasteiger charge is 2.11. The smallest absolute Gasteiger partial charge is 0.119 e. The summed E-state index contributed by atoms with van der Waals surface area (Å²) in [6, 6.07) is 6.32. The fraction of sp³-hybridized carbons (Fsp3) is 0.538. The molecule has 0 aliphatic rings. The van der Waals surface area contributed by atoms with Crippen molar-refractivity contribution in [3.63, 3.8) is 0 Å². The van der Waals surface area contributed by atoms with Crippen molar-refractivity contribution in [1.82, 2.24) is 5.32 Å². The number of benzene rings is 1. The second kappa shape index (κ2) is 6.99. The summed E-state index contributed by atoms with van der Waals surface area (Å²) in [5.41, 5.74) is 6.92. The molecule has 0 fully saturated rings. The van der Waals surface area contributed by atoms with Crippen LogP contribution in [0.3, 0.4) is 0 Å². The molecule has 0 heterocycles. The van der Waals surface area contributed by atoms with Crippen LogP contribution in [-0.2, 0) is 6.54 Å². The van der Waals surface area contributed by atoms with Crippen molar-refractivity contribution in [3.8, 4) is 5.75 Å². The zero-order chi connectivity index (χ0) is 12.8. The van der Waals surface area contributed by atoms with E-state index in [1.807, 2.05) is 18.2 Å². The molecule has 96 valence electrons. The zero-order valence-electron chi connectivity index (χ0n) is 10.7. The maximum Gasteiger partial charge on any atom is 0.119 e. The van der Waals surface area contributed by atoms with Gasteiger partial charge in [-0.05, 0) is 29.7 Å². The first-order chi connectivity index (χ1) is 8.08. The van der Waals surface area contributed by atoms with Gasteiger partial charge < -0.3 is 15.8 Å². The fourth-order valence-electron chi connectivity index (χ4n) is 1.65. The van der Waals surface area contributed by atoms with Gasteiger partial charge in [0.15, 0.2) is 0 Å². The molecule has 1 aromatic rings. The Hall–Kier alpha value is -0.580. The van der Waals surface area contributed by atoms with Gasteiger partial charge >= 0.3 is 0 Å². The average molecular weight is 301 g/mol. The Labute approximate surface area is 112 Å². The first kappa shape index (κ1) is 14.5. The van der Waals surface area contributed by atoms with Crippen molar-refractivity contribution in [3.05, 3.63) is 28.2 Å². The highest BCUT2D eigenvalue weighted by atomic mass is 79.9. The van der Waals surface area contributed by atoms with Gasteiger partial charge in [-0.3, -0.25) is 0 Å². The first-order valence-corrected chi connectivity index (χ1v) is 6.63. The lowest BCUT2D eigenvalue weighted by atomic mass is 10.0. The molecule has 0 aromatic heterocycles. The molecule has 1 unspecified atom stereocenters. The maximum atomic E-state index is 5.73. The highest BCUT2D eigenvalue weighted by Crippen LogP contribution is 2.22. The third-order valence-electron chi connectivity index (χ3n) is 2.87. The molecular formula is C13H21BrN2O. The molecule has 0 amide bonds.